The van der Waals surface area contributed by atoms with Gasteiger partial charge in [0.05, 0.1) is 5.56 Å². The molecule has 0 spiro atoms. The number of aromatic hydroxyl groups is 1. The maximum atomic E-state index is 10.7. The van der Waals surface area contributed by atoms with Crippen LogP contribution < -0.4 is 5.73 Å². The zero-order chi connectivity index (χ0) is 10.3. The molecule has 0 saturated carbocycles. The van der Waals surface area contributed by atoms with E-state index in [1.165, 1.54) is 6.07 Å². The van der Waals surface area contributed by atoms with Crippen molar-refractivity contribution in [3.8, 4) is 5.06 Å². The van der Waals surface area contributed by atoms with Gasteiger partial charge >= 0.3 is 5.97 Å². The molecule has 1 heterocycles. The fourth-order valence-corrected chi connectivity index (χ4v) is 2.10. The lowest BCUT2D eigenvalue weighted by atomic mass is 10.1. The molecular formula is C9H7NO3S. The molecule has 0 atom stereocenters. The highest BCUT2D eigenvalue weighted by molar-refractivity contribution is 7.20. The number of benzene rings is 1. The molecule has 1 aromatic heterocycles. The molecule has 72 valence electrons. The van der Waals surface area contributed by atoms with Crippen molar-refractivity contribution in [3.05, 3.63) is 23.8 Å². The number of anilines is 1. The minimum absolute atomic E-state index is 0.0688. The number of nitrogen functional groups attached to an aromatic ring is 1. The molecule has 1 aromatic carbocycles. The monoisotopic (exact) mass is 209 g/mol. The summed E-state index contributed by atoms with van der Waals surface area (Å²) in [6, 6.07) is 4.58. The number of carbonyl (C=O) groups is 1. The number of thiophene rings is 1. The Morgan fingerprint density at radius 2 is 2.07 bits per heavy atom. The number of nitrogens with two attached hydrogens (primary N) is 1. The maximum absolute atomic E-state index is 10.7. The van der Waals surface area contributed by atoms with E-state index in [9.17, 15) is 9.90 Å². The second-order valence-corrected chi connectivity index (χ2v) is 3.93. The minimum atomic E-state index is -1.06. The molecule has 0 unspecified atom stereocenters. The molecule has 0 radical (unpaired) electrons. The highest BCUT2D eigenvalue weighted by Gasteiger charge is 2.10. The van der Waals surface area contributed by atoms with E-state index in [-0.39, 0.29) is 16.3 Å². The van der Waals surface area contributed by atoms with Crippen molar-refractivity contribution in [1.29, 1.82) is 0 Å². The number of fused-ring (bicyclic) bond motifs is 1. The zero-order valence-electron chi connectivity index (χ0n) is 7.02. The van der Waals surface area contributed by atoms with Crippen LogP contribution in [0.15, 0.2) is 18.2 Å². The zero-order valence-corrected chi connectivity index (χ0v) is 7.84. The number of carboxylic acid groups (broad SMARTS) is 1. The van der Waals surface area contributed by atoms with Crippen LogP contribution in [0.2, 0.25) is 0 Å². The van der Waals surface area contributed by atoms with E-state index in [4.69, 9.17) is 10.8 Å². The third-order valence-electron chi connectivity index (χ3n) is 1.91. The summed E-state index contributed by atoms with van der Waals surface area (Å²) in [5, 5.41) is 18.9. The first-order valence-electron chi connectivity index (χ1n) is 3.83. The minimum Gasteiger partial charge on any atom is -0.499 e. The van der Waals surface area contributed by atoms with Crippen molar-refractivity contribution in [2.75, 3.05) is 5.73 Å². The lowest BCUT2D eigenvalue weighted by Crippen LogP contribution is -2.01. The van der Waals surface area contributed by atoms with E-state index in [0.717, 1.165) is 16.7 Å². The van der Waals surface area contributed by atoms with Crippen molar-refractivity contribution < 1.29 is 15.0 Å². The molecule has 0 aliphatic rings. The SMILES string of the molecule is Nc1cc2cc(O)sc2cc1C(=O)O. The molecule has 4 nitrogen and oxygen atoms in total. The van der Waals surface area contributed by atoms with Gasteiger partial charge in [-0.25, -0.2) is 4.79 Å². The number of hydrogen-bond acceptors (Lipinski definition) is 4. The molecule has 0 aliphatic heterocycles. The molecule has 0 bridgehead atoms. The Morgan fingerprint density at radius 1 is 1.36 bits per heavy atom. The smallest absolute Gasteiger partial charge is 0.337 e. The van der Waals surface area contributed by atoms with Crippen LogP contribution >= 0.6 is 11.3 Å². The van der Waals surface area contributed by atoms with E-state index < -0.39 is 5.97 Å². The van der Waals surface area contributed by atoms with E-state index >= 15 is 0 Å². The van der Waals surface area contributed by atoms with E-state index in [0.29, 0.717) is 4.70 Å². The topological polar surface area (TPSA) is 83.5 Å². The fraction of sp³-hybridized carbons (Fsp3) is 0. The first-order valence-corrected chi connectivity index (χ1v) is 4.65. The molecule has 0 aliphatic carbocycles. The van der Waals surface area contributed by atoms with Crippen LogP contribution in [0, 0.1) is 0 Å². The highest BCUT2D eigenvalue weighted by atomic mass is 32.1. The number of rotatable bonds is 1. The maximum Gasteiger partial charge on any atom is 0.337 e. The Morgan fingerprint density at radius 3 is 2.71 bits per heavy atom. The van der Waals surface area contributed by atoms with E-state index in [1.807, 2.05) is 0 Å². The summed E-state index contributed by atoms with van der Waals surface area (Å²) >= 11 is 1.13. The number of carboxylic acids is 1. The van der Waals surface area contributed by atoms with Crippen LogP contribution in [-0.2, 0) is 0 Å². The Labute approximate surface area is 83.2 Å². The molecule has 4 N–H and O–H groups in total. The standard InChI is InChI=1S/C9H7NO3S/c10-6-1-4-2-8(11)14-7(4)3-5(6)9(12)13/h1-3,11H,10H2,(H,12,13). The van der Waals surface area contributed by atoms with Crippen molar-refractivity contribution in [3.63, 3.8) is 0 Å². The predicted molar refractivity (Wildman–Crippen MR) is 54.9 cm³/mol. The van der Waals surface area contributed by atoms with Crippen LogP contribution in [0.5, 0.6) is 5.06 Å². The van der Waals surface area contributed by atoms with Crippen molar-refractivity contribution in [2.45, 2.75) is 0 Å². The second-order valence-electron chi connectivity index (χ2n) is 2.87. The summed E-state index contributed by atoms with van der Waals surface area (Å²) in [7, 11) is 0. The van der Waals surface area contributed by atoms with Gasteiger partial charge in [0, 0.05) is 10.4 Å². The van der Waals surface area contributed by atoms with Gasteiger partial charge in [-0.05, 0) is 23.6 Å². The Bertz CT molecular complexity index is 518. The molecular weight excluding hydrogens is 202 g/mol. The van der Waals surface area contributed by atoms with Gasteiger partial charge in [-0.3, -0.25) is 0 Å². The molecule has 0 saturated heterocycles. The normalized spacial score (nSPS) is 10.6. The number of hydrogen-bond donors (Lipinski definition) is 3. The Hall–Kier alpha value is -1.75. The van der Waals surface area contributed by atoms with Gasteiger partial charge in [-0.2, -0.15) is 0 Å². The average molecular weight is 209 g/mol. The first kappa shape index (κ1) is 8.83. The second kappa shape index (κ2) is 2.88. The predicted octanol–water partition coefficient (Wildman–Crippen LogP) is 1.89. The van der Waals surface area contributed by atoms with E-state index in [2.05, 4.69) is 0 Å². The molecule has 14 heavy (non-hydrogen) atoms. The molecule has 5 heteroatoms. The largest absolute Gasteiger partial charge is 0.499 e. The molecule has 0 fully saturated rings. The van der Waals surface area contributed by atoms with Gasteiger partial charge in [0.2, 0.25) is 0 Å². The lowest BCUT2D eigenvalue weighted by molar-refractivity contribution is 0.0698. The summed E-state index contributed by atoms with van der Waals surface area (Å²) in [4.78, 5) is 10.7. The first-order chi connectivity index (χ1) is 6.58. The van der Waals surface area contributed by atoms with Crippen molar-refractivity contribution in [2.24, 2.45) is 0 Å². The van der Waals surface area contributed by atoms with Gasteiger partial charge in [0.15, 0.2) is 5.06 Å². The van der Waals surface area contributed by atoms with Gasteiger partial charge in [-0.15, -0.1) is 0 Å². The van der Waals surface area contributed by atoms with E-state index in [1.54, 1.807) is 12.1 Å². The highest BCUT2D eigenvalue weighted by Crippen LogP contribution is 2.33. The molecule has 2 rings (SSSR count). The van der Waals surface area contributed by atoms with Gasteiger partial charge in [-0.1, -0.05) is 11.3 Å². The number of aromatic carboxylic acids is 1. The third-order valence-corrected chi connectivity index (χ3v) is 2.81. The van der Waals surface area contributed by atoms with Crippen molar-refractivity contribution >= 4 is 33.1 Å². The summed E-state index contributed by atoms with van der Waals surface area (Å²) in [5.74, 6) is -1.06. The van der Waals surface area contributed by atoms with Crippen LogP contribution in [0.25, 0.3) is 10.1 Å². The summed E-state index contributed by atoms with van der Waals surface area (Å²) in [5.41, 5.74) is 5.82. The van der Waals surface area contributed by atoms with Crippen molar-refractivity contribution in [1.82, 2.24) is 0 Å². The van der Waals surface area contributed by atoms with Crippen LogP contribution in [0.1, 0.15) is 10.4 Å². The fourth-order valence-electron chi connectivity index (χ4n) is 1.28. The summed E-state index contributed by atoms with van der Waals surface area (Å²) in [6.07, 6.45) is 0. The molecule has 2 aromatic rings. The van der Waals surface area contributed by atoms with Crippen LogP contribution in [0.4, 0.5) is 5.69 Å². The Kier molecular flexibility index (Phi) is 1.82. The Balaban J connectivity index is 2.76. The summed E-state index contributed by atoms with van der Waals surface area (Å²) < 4.78 is 0.717. The van der Waals surface area contributed by atoms with Crippen LogP contribution in [0.3, 0.4) is 0 Å². The quantitative estimate of drug-likeness (QED) is 0.626. The summed E-state index contributed by atoms with van der Waals surface area (Å²) in [6.45, 7) is 0. The third kappa shape index (κ3) is 1.27. The lowest BCUT2D eigenvalue weighted by Gasteiger charge is -1.99. The average Bonchev–Trinajstić information content (AvgIpc) is 2.42. The van der Waals surface area contributed by atoms with Gasteiger partial charge < -0.3 is 15.9 Å². The van der Waals surface area contributed by atoms with Crippen LogP contribution in [-0.4, -0.2) is 16.2 Å². The molecule has 0 amide bonds. The van der Waals surface area contributed by atoms with Gasteiger partial charge in [0.25, 0.3) is 0 Å². The van der Waals surface area contributed by atoms with Gasteiger partial charge in [0.1, 0.15) is 0 Å².